The van der Waals surface area contributed by atoms with Crippen molar-refractivity contribution in [2.45, 2.75) is 18.1 Å². The van der Waals surface area contributed by atoms with Gasteiger partial charge in [0.15, 0.2) is 0 Å². The summed E-state index contributed by atoms with van der Waals surface area (Å²) < 4.78 is 2.65. The summed E-state index contributed by atoms with van der Waals surface area (Å²) in [5, 5.41) is 5.79. The molecule has 2 nitrogen and oxygen atoms in total. The topological polar surface area (TPSA) is 15.3 Å². The first-order chi connectivity index (χ1) is 4.93. The Morgan fingerprint density at radius 1 is 1.00 bits per heavy atom. The second-order valence-electron chi connectivity index (χ2n) is 2.67. The number of rotatable bonds is 1. The summed E-state index contributed by atoms with van der Waals surface area (Å²) in [6.07, 6.45) is 2.69. The Bertz CT molecular complexity index is 89.8. The first kappa shape index (κ1) is 20.0. The molecule has 1 N–H and O–H groups in total. The van der Waals surface area contributed by atoms with Gasteiger partial charge in [0.05, 0.1) is 0 Å². The van der Waals surface area contributed by atoms with Gasteiger partial charge in [0.25, 0.3) is 0 Å². The van der Waals surface area contributed by atoms with Crippen molar-refractivity contribution in [1.82, 2.24) is 8.70 Å². The standard InChI is InChI=1S/C6H13N2.CH3.3ClH.Ti/c1-3-7-5-2-6-8-4-1;;;;;/h7H,1-6H2;1H3;3*1H;/q-1;;;;;+1. The van der Waals surface area contributed by atoms with Gasteiger partial charge >= 0.3 is 72.4 Å². The summed E-state index contributed by atoms with van der Waals surface area (Å²) in [5.41, 5.74) is 0. The van der Waals surface area contributed by atoms with Gasteiger partial charge in [0.1, 0.15) is 0 Å². The zero-order valence-corrected chi connectivity index (χ0v) is 11.9. The fraction of sp³-hybridized carbons (Fsp3) is 1.00. The molecule has 0 aromatic carbocycles. The Balaban J connectivity index is -0.000000333. The van der Waals surface area contributed by atoms with Gasteiger partial charge in [-0.05, 0) is 0 Å². The average Bonchev–Trinajstić information content (AvgIpc) is 1.87. The van der Waals surface area contributed by atoms with Crippen molar-refractivity contribution < 1.29 is 19.4 Å². The summed E-state index contributed by atoms with van der Waals surface area (Å²) in [7, 11) is 0. The third-order valence-electron chi connectivity index (χ3n) is 1.88. The minimum absolute atomic E-state index is 0. The molecule has 0 amide bonds. The van der Waals surface area contributed by atoms with Gasteiger partial charge in [-0.2, -0.15) is 0 Å². The SMILES string of the molecule is Cl.Cl.Cl.[CH3][Ti][N]1CCCNCCC1. The van der Waals surface area contributed by atoms with Crippen LogP contribution in [0.5, 0.6) is 0 Å². The Morgan fingerprint density at radius 2 is 1.46 bits per heavy atom. The molecular formula is C7H19Cl3N2Ti. The molecular weight excluding hydrogens is 266 g/mol. The molecule has 0 bridgehead atoms. The van der Waals surface area contributed by atoms with Gasteiger partial charge in [0, 0.05) is 0 Å². The van der Waals surface area contributed by atoms with Crippen LogP contribution in [0.3, 0.4) is 0 Å². The van der Waals surface area contributed by atoms with Gasteiger partial charge in [-0.1, -0.05) is 0 Å². The van der Waals surface area contributed by atoms with E-state index in [2.05, 4.69) is 13.9 Å². The molecule has 1 rings (SSSR count). The van der Waals surface area contributed by atoms with E-state index in [-0.39, 0.29) is 56.6 Å². The van der Waals surface area contributed by atoms with Crippen LogP contribution in [-0.4, -0.2) is 29.6 Å². The molecule has 0 atom stereocenters. The van der Waals surface area contributed by atoms with Crippen LogP contribution in [0.1, 0.15) is 12.8 Å². The van der Waals surface area contributed by atoms with Gasteiger partial charge in [-0.3, -0.25) is 0 Å². The normalized spacial score (nSPS) is 17.9. The van der Waals surface area contributed by atoms with E-state index < -0.39 is 0 Å². The Hall–Kier alpha value is 1.50. The molecule has 1 aliphatic rings. The second-order valence-corrected chi connectivity index (χ2v) is 4.35. The molecule has 1 saturated heterocycles. The molecule has 0 saturated carbocycles. The van der Waals surface area contributed by atoms with Gasteiger partial charge in [0.2, 0.25) is 0 Å². The molecule has 1 heterocycles. The number of hydrogen-bond acceptors (Lipinski definition) is 2. The molecule has 0 unspecified atom stereocenters. The van der Waals surface area contributed by atoms with Gasteiger partial charge in [-0.15, -0.1) is 37.2 Å². The van der Waals surface area contributed by atoms with Crippen LogP contribution in [0.25, 0.3) is 0 Å². The number of nitrogens with zero attached hydrogens (tertiary/aromatic N) is 1. The molecule has 1 aliphatic heterocycles. The molecule has 13 heavy (non-hydrogen) atoms. The quantitative estimate of drug-likeness (QED) is 0.741. The van der Waals surface area contributed by atoms with E-state index in [4.69, 9.17) is 0 Å². The summed E-state index contributed by atoms with van der Waals surface area (Å²) >= 11 is 0.245. The monoisotopic (exact) mass is 284 g/mol. The Labute approximate surface area is 109 Å². The van der Waals surface area contributed by atoms with Crippen LogP contribution in [-0.2, 0) is 19.4 Å². The Morgan fingerprint density at radius 3 is 1.85 bits per heavy atom. The predicted molar refractivity (Wildman–Crippen MR) is 61.3 cm³/mol. The van der Waals surface area contributed by atoms with Crippen molar-refractivity contribution in [1.29, 1.82) is 0 Å². The van der Waals surface area contributed by atoms with E-state index in [0.29, 0.717) is 0 Å². The average molecular weight is 285 g/mol. The third-order valence-corrected chi connectivity index (χ3v) is 3.57. The summed E-state index contributed by atoms with van der Waals surface area (Å²) in [6, 6.07) is 0. The molecule has 6 heteroatoms. The van der Waals surface area contributed by atoms with E-state index in [1.54, 1.807) is 0 Å². The molecule has 0 aromatic rings. The van der Waals surface area contributed by atoms with E-state index in [0.717, 1.165) is 0 Å². The number of nitrogens with one attached hydrogen (secondary N) is 1. The maximum atomic E-state index is 3.42. The summed E-state index contributed by atoms with van der Waals surface area (Å²) in [5.74, 6) is 0. The molecule has 0 radical (unpaired) electrons. The van der Waals surface area contributed by atoms with E-state index in [1.807, 2.05) is 0 Å². The van der Waals surface area contributed by atoms with Crippen LogP contribution in [0.4, 0.5) is 0 Å². The zero-order valence-electron chi connectivity index (χ0n) is 7.91. The first-order valence-electron chi connectivity index (χ1n) is 4.06. The van der Waals surface area contributed by atoms with Crippen LogP contribution >= 0.6 is 37.2 Å². The van der Waals surface area contributed by atoms with E-state index in [9.17, 15) is 0 Å². The second kappa shape index (κ2) is 13.5. The van der Waals surface area contributed by atoms with Gasteiger partial charge in [-0.25, -0.2) is 0 Å². The number of halogens is 3. The van der Waals surface area contributed by atoms with Crippen molar-refractivity contribution in [3.63, 3.8) is 0 Å². The van der Waals surface area contributed by atoms with Crippen molar-refractivity contribution in [2.24, 2.45) is 0 Å². The van der Waals surface area contributed by atoms with Crippen LogP contribution in [0.2, 0.25) is 5.23 Å². The fourth-order valence-electron chi connectivity index (χ4n) is 1.25. The number of hydrogen-bond donors (Lipinski definition) is 1. The van der Waals surface area contributed by atoms with Gasteiger partial charge < -0.3 is 0 Å². The fourth-order valence-corrected chi connectivity index (χ4v) is 2.44. The molecule has 0 spiro atoms. The van der Waals surface area contributed by atoms with Crippen LogP contribution < -0.4 is 5.32 Å². The Kier molecular flexibility index (Phi) is 20.8. The predicted octanol–water partition coefficient (Wildman–Crippen LogP) is 1.98. The van der Waals surface area contributed by atoms with Crippen molar-refractivity contribution >= 4 is 37.2 Å². The zero-order chi connectivity index (χ0) is 7.23. The van der Waals surface area contributed by atoms with Crippen molar-refractivity contribution in [3.8, 4) is 0 Å². The third kappa shape index (κ3) is 9.80. The van der Waals surface area contributed by atoms with E-state index >= 15 is 0 Å². The minimum atomic E-state index is 0. The van der Waals surface area contributed by atoms with E-state index in [1.165, 1.54) is 39.0 Å². The summed E-state index contributed by atoms with van der Waals surface area (Å²) in [6.45, 7) is 5.12. The van der Waals surface area contributed by atoms with Crippen molar-refractivity contribution in [3.05, 3.63) is 0 Å². The molecule has 0 aromatic heterocycles. The molecule has 0 aliphatic carbocycles. The van der Waals surface area contributed by atoms with Crippen LogP contribution in [0, 0.1) is 0 Å². The van der Waals surface area contributed by atoms with Crippen LogP contribution in [0.15, 0.2) is 0 Å². The molecule has 82 valence electrons. The summed E-state index contributed by atoms with van der Waals surface area (Å²) in [4.78, 5) is 0. The molecule has 1 fully saturated rings. The van der Waals surface area contributed by atoms with Crippen molar-refractivity contribution in [2.75, 3.05) is 26.2 Å². The maximum absolute atomic E-state index is 3.42. The first-order valence-corrected chi connectivity index (χ1v) is 6.32.